The Morgan fingerprint density at radius 1 is 1.38 bits per heavy atom. The fraction of sp³-hybridized carbons (Fsp3) is 0.438. The van der Waals surface area contributed by atoms with Crippen molar-refractivity contribution in [3.8, 4) is 0 Å². The quantitative estimate of drug-likeness (QED) is 0.776. The van der Waals surface area contributed by atoms with E-state index in [4.69, 9.17) is 9.84 Å². The molecule has 8 heteroatoms. The molecule has 1 rings (SSSR count). The van der Waals surface area contributed by atoms with Crippen molar-refractivity contribution in [2.45, 2.75) is 20.8 Å². The maximum atomic E-state index is 14.0. The lowest BCUT2D eigenvalue weighted by Crippen LogP contribution is -2.36. The number of halogens is 1. The number of hydrogen-bond acceptors (Lipinski definition) is 4. The Labute approximate surface area is 139 Å². The summed E-state index contributed by atoms with van der Waals surface area (Å²) in [6.45, 7) is 4.80. The molecular weight excluding hydrogens is 319 g/mol. The Morgan fingerprint density at radius 3 is 2.54 bits per heavy atom. The first-order valence-electron chi connectivity index (χ1n) is 7.39. The van der Waals surface area contributed by atoms with Gasteiger partial charge in [-0.15, -0.1) is 0 Å². The number of aryl methyl sites for hydroxylation is 1. The summed E-state index contributed by atoms with van der Waals surface area (Å²) >= 11 is 0. The number of ether oxygens (including phenoxy) is 1. The monoisotopic (exact) mass is 340 g/mol. The van der Waals surface area contributed by atoms with Crippen LogP contribution in [0.5, 0.6) is 0 Å². The number of nitrogens with one attached hydrogen (secondary N) is 1. The Balaban J connectivity index is 2.94. The van der Waals surface area contributed by atoms with Gasteiger partial charge < -0.3 is 20.1 Å². The van der Waals surface area contributed by atoms with E-state index in [1.807, 2.05) is 0 Å². The van der Waals surface area contributed by atoms with Crippen LogP contribution in [0, 0.1) is 18.7 Å². The molecule has 0 aliphatic rings. The van der Waals surface area contributed by atoms with Crippen LogP contribution in [0.3, 0.4) is 0 Å². The van der Waals surface area contributed by atoms with Crippen molar-refractivity contribution in [3.05, 3.63) is 29.1 Å². The topological polar surface area (TPSA) is 95.9 Å². The third-order valence-electron chi connectivity index (χ3n) is 3.37. The van der Waals surface area contributed by atoms with Crippen molar-refractivity contribution >= 4 is 23.7 Å². The number of esters is 1. The molecule has 2 N–H and O–H groups in total. The van der Waals surface area contributed by atoms with Gasteiger partial charge in [-0.1, -0.05) is 6.92 Å². The molecule has 0 aliphatic carbocycles. The molecule has 0 fully saturated rings. The molecule has 1 unspecified atom stereocenters. The van der Waals surface area contributed by atoms with Crippen LogP contribution < -0.4 is 5.32 Å². The number of amides is 2. The van der Waals surface area contributed by atoms with Gasteiger partial charge in [0.25, 0.3) is 0 Å². The first-order chi connectivity index (χ1) is 11.2. The molecule has 2 amide bonds. The summed E-state index contributed by atoms with van der Waals surface area (Å²) in [5.74, 6) is -3.12. The summed E-state index contributed by atoms with van der Waals surface area (Å²) < 4.78 is 18.9. The van der Waals surface area contributed by atoms with Crippen LogP contribution in [-0.2, 0) is 9.53 Å². The van der Waals surface area contributed by atoms with Crippen LogP contribution in [0.4, 0.5) is 14.9 Å². The zero-order chi connectivity index (χ0) is 18.4. The highest BCUT2D eigenvalue weighted by Crippen LogP contribution is 2.21. The molecule has 0 heterocycles. The second-order valence-corrected chi connectivity index (χ2v) is 5.42. The van der Waals surface area contributed by atoms with Crippen molar-refractivity contribution in [2.24, 2.45) is 5.92 Å². The minimum absolute atomic E-state index is 0.0423. The first kappa shape index (κ1) is 19.4. The van der Waals surface area contributed by atoms with Crippen LogP contribution in [-0.4, -0.2) is 48.2 Å². The van der Waals surface area contributed by atoms with Crippen molar-refractivity contribution in [2.75, 3.05) is 25.5 Å². The lowest BCUT2D eigenvalue weighted by atomic mass is 10.1. The van der Waals surface area contributed by atoms with Crippen LogP contribution in [0.15, 0.2) is 12.1 Å². The molecule has 0 bridgehead atoms. The molecule has 7 nitrogen and oxygen atoms in total. The van der Waals surface area contributed by atoms with E-state index >= 15 is 0 Å². The van der Waals surface area contributed by atoms with E-state index in [0.717, 1.165) is 11.0 Å². The van der Waals surface area contributed by atoms with Gasteiger partial charge in [-0.25, -0.2) is 14.0 Å². The Bertz CT molecular complexity index is 648. The van der Waals surface area contributed by atoms with E-state index in [-0.39, 0.29) is 24.4 Å². The van der Waals surface area contributed by atoms with Gasteiger partial charge in [0.15, 0.2) is 0 Å². The molecule has 0 saturated heterocycles. The van der Waals surface area contributed by atoms with E-state index in [0.29, 0.717) is 5.56 Å². The number of carbonyl (C=O) groups excluding carboxylic acids is 2. The molecule has 0 aliphatic heterocycles. The zero-order valence-corrected chi connectivity index (χ0v) is 14.1. The molecular formula is C16H21FN2O5. The highest BCUT2D eigenvalue weighted by Gasteiger charge is 2.20. The van der Waals surface area contributed by atoms with Crippen molar-refractivity contribution in [1.82, 2.24) is 4.90 Å². The van der Waals surface area contributed by atoms with Gasteiger partial charge in [0.1, 0.15) is 5.82 Å². The van der Waals surface area contributed by atoms with Gasteiger partial charge in [-0.05, 0) is 31.5 Å². The second kappa shape index (κ2) is 8.28. The van der Waals surface area contributed by atoms with Gasteiger partial charge in [0.05, 0.1) is 23.8 Å². The number of rotatable bonds is 6. The predicted molar refractivity (Wildman–Crippen MR) is 85.5 cm³/mol. The number of hydrogen-bond donors (Lipinski definition) is 2. The largest absolute Gasteiger partial charge is 0.481 e. The SMILES string of the molecule is CCOC(=O)c1cc(NC(=O)N(C)CC(C)C(=O)O)c(F)cc1C. The van der Waals surface area contributed by atoms with Gasteiger partial charge in [0, 0.05) is 13.6 Å². The maximum absolute atomic E-state index is 14.0. The first-order valence-corrected chi connectivity index (χ1v) is 7.39. The third-order valence-corrected chi connectivity index (χ3v) is 3.37. The van der Waals surface area contributed by atoms with Gasteiger partial charge in [-0.3, -0.25) is 4.79 Å². The Morgan fingerprint density at radius 2 is 2.00 bits per heavy atom. The fourth-order valence-electron chi connectivity index (χ4n) is 1.98. The molecule has 1 aromatic rings. The number of urea groups is 1. The predicted octanol–water partition coefficient (Wildman–Crippen LogP) is 2.50. The highest BCUT2D eigenvalue weighted by atomic mass is 19.1. The van der Waals surface area contributed by atoms with Crippen LogP contribution in [0.1, 0.15) is 29.8 Å². The summed E-state index contributed by atoms with van der Waals surface area (Å²) in [5, 5.41) is 11.2. The molecule has 0 spiro atoms. The molecule has 24 heavy (non-hydrogen) atoms. The molecule has 0 radical (unpaired) electrons. The van der Waals surface area contributed by atoms with Crippen LogP contribution >= 0.6 is 0 Å². The van der Waals surface area contributed by atoms with Crippen LogP contribution in [0.2, 0.25) is 0 Å². The van der Waals surface area contributed by atoms with E-state index < -0.39 is 29.7 Å². The molecule has 0 aromatic heterocycles. The van der Waals surface area contributed by atoms with E-state index in [1.165, 1.54) is 20.0 Å². The standard InChI is InChI=1S/C16H21FN2O5/c1-5-24-15(22)11-7-13(12(17)6-9(11)2)18-16(23)19(4)8-10(3)14(20)21/h6-7,10H,5,8H2,1-4H3,(H,18,23)(H,20,21). The van der Waals surface area contributed by atoms with Crippen molar-refractivity contribution in [3.63, 3.8) is 0 Å². The Hall–Kier alpha value is -2.64. The number of aliphatic carboxylic acids is 1. The number of benzene rings is 1. The smallest absolute Gasteiger partial charge is 0.338 e. The van der Waals surface area contributed by atoms with Crippen molar-refractivity contribution in [1.29, 1.82) is 0 Å². The number of carboxylic acid groups (broad SMARTS) is 1. The summed E-state index contributed by atoms with van der Waals surface area (Å²) in [4.78, 5) is 35.8. The minimum atomic E-state index is -1.04. The number of anilines is 1. The minimum Gasteiger partial charge on any atom is -0.481 e. The summed E-state index contributed by atoms with van der Waals surface area (Å²) in [6, 6.07) is 1.65. The third kappa shape index (κ3) is 4.94. The molecule has 0 saturated carbocycles. The highest BCUT2D eigenvalue weighted by molar-refractivity contribution is 5.95. The second-order valence-electron chi connectivity index (χ2n) is 5.42. The summed E-state index contributed by atoms with van der Waals surface area (Å²) in [7, 11) is 1.40. The fourth-order valence-corrected chi connectivity index (χ4v) is 1.98. The average molecular weight is 340 g/mol. The molecule has 1 atom stereocenters. The van der Waals surface area contributed by atoms with Crippen LogP contribution in [0.25, 0.3) is 0 Å². The van der Waals surface area contributed by atoms with Gasteiger partial charge in [0.2, 0.25) is 0 Å². The maximum Gasteiger partial charge on any atom is 0.338 e. The van der Waals surface area contributed by atoms with Crippen molar-refractivity contribution < 1.29 is 28.6 Å². The number of carboxylic acids is 1. The van der Waals surface area contributed by atoms with E-state index in [1.54, 1.807) is 13.8 Å². The number of carbonyl (C=O) groups is 3. The summed E-state index contributed by atoms with van der Waals surface area (Å²) in [6.07, 6.45) is 0. The van der Waals surface area contributed by atoms with E-state index in [2.05, 4.69) is 5.32 Å². The van der Waals surface area contributed by atoms with Gasteiger partial charge in [-0.2, -0.15) is 0 Å². The number of nitrogens with zero attached hydrogens (tertiary/aromatic N) is 1. The average Bonchev–Trinajstić information content (AvgIpc) is 2.49. The lowest BCUT2D eigenvalue weighted by molar-refractivity contribution is -0.141. The summed E-state index contributed by atoms with van der Waals surface area (Å²) in [5.41, 5.74) is 0.357. The van der Waals surface area contributed by atoms with E-state index in [9.17, 15) is 18.8 Å². The normalized spacial score (nSPS) is 11.5. The van der Waals surface area contributed by atoms with Gasteiger partial charge >= 0.3 is 18.0 Å². The Kier molecular flexibility index (Phi) is 6.69. The zero-order valence-electron chi connectivity index (χ0n) is 14.1. The lowest BCUT2D eigenvalue weighted by Gasteiger charge is -2.20. The molecule has 132 valence electrons. The molecule has 1 aromatic carbocycles.